The van der Waals surface area contributed by atoms with E-state index in [1.807, 2.05) is 17.9 Å². The van der Waals surface area contributed by atoms with Gasteiger partial charge in [-0.1, -0.05) is 5.16 Å². The average molecular weight is 381 g/mol. The van der Waals surface area contributed by atoms with Crippen LogP contribution in [-0.4, -0.2) is 65.8 Å². The van der Waals surface area contributed by atoms with E-state index >= 15 is 0 Å². The van der Waals surface area contributed by atoms with Crippen LogP contribution in [0, 0.1) is 6.92 Å². The van der Waals surface area contributed by atoms with Gasteiger partial charge in [0.1, 0.15) is 11.9 Å². The Morgan fingerprint density at radius 2 is 2.00 bits per heavy atom. The summed E-state index contributed by atoms with van der Waals surface area (Å²) < 4.78 is 10.8. The molecule has 0 unspecified atom stereocenters. The standard InChI is InChI=1S/C15H24N4O3.2ClH/c1-11-8-12(17-22-11)10-18-4-6-19(7-5-18)15(20)14-3-2-13(9-16)21-14;;/h8,13-14H,2-7,9-10,16H2,1H3;2*1H/t13-,14+;;/m1../s1. The van der Waals surface area contributed by atoms with Crippen LogP contribution in [0.5, 0.6) is 0 Å². The lowest BCUT2D eigenvalue weighted by Gasteiger charge is -2.35. The van der Waals surface area contributed by atoms with Crippen LogP contribution in [0.1, 0.15) is 24.3 Å². The Balaban J connectivity index is 0.00000144. The summed E-state index contributed by atoms with van der Waals surface area (Å²) >= 11 is 0. The number of nitrogens with zero attached hydrogens (tertiary/aromatic N) is 3. The lowest BCUT2D eigenvalue weighted by molar-refractivity contribution is -0.144. The first-order chi connectivity index (χ1) is 10.7. The van der Waals surface area contributed by atoms with Gasteiger partial charge in [-0.15, -0.1) is 24.8 Å². The number of aromatic nitrogens is 1. The van der Waals surface area contributed by atoms with Crippen LogP contribution in [0.3, 0.4) is 0 Å². The number of amides is 1. The van der Waals surface area contributed by atoms with Crippen molar-refractivity contribution in [2.24, 2.45) is 5.73 Å². The topological polar surface area (TPSA) is 84.8 Å². The SMILES string of the molecule is Cc1cc(CN2CCN(C(=O)[C@@H]3CC[C@H](CN)O3)CC2)no1.Cl.Cl. The van der Waals surface area contributed by atoms with Crippen LogP contribution in [0.2, 0.25) is 0 Å². The molecule has 0 radical (unpaired) electrons. The van der Waals surface area contributed by atoms with Crippen molar-refractivity contribution in [1.82, 2.24) is 15.0 Å². The molecule has 2 aliphatic heterocycles. The first-order valence-electron chi connectivity index (χ1n) is 7.94. The Hall–Kier alpha value is -0.860. The molecule has 0 aromatic carbocycles. The molecule has 7 nitrogen and oxygen atoms in total. The highest BCUT2D eigenvalue weighted by Crippen LogP contribution is 2.21. The number of aryl methyl sites for hydroxylation is 1. The van der Waals surface area contributed by atoms with E-state index in [0.717, 1.165) is 57.0 Å². The Labute approximate surface area is 154 Å². The predicted octanol–water partition coefficient (Wildman–Crippen LogP) is 0.977. The summed E-state index contributed by atoms with van der Waals surface area (Å²) in [6.45, 7) is 6.34. The van der Waals surface area contributed by atoms with Gasteiger partial charge in [-0.3, -0.25) is 9.69 Å². The third kappa shape index (κ3) is 5.07. The lowest BCUT2D eigenvalue weighted by atomic mass is 10.1. The highest BCUT2D eigenvalue weighted by molar-refractivity contribution is 5.85. The van der Waals surface area contributed by atoms with Gasteiger partial charge >= 0.3 is 0 Å². The molecule has 0 bridgehead atoms. The molecule has 2 aliphatic rings. The van der Waals surface area contributed by atoms with E-state index in [9.17, 15) is 4.79 Å². The Morgan fingerprint density at radius 1 is 1.29 bits per heavy atom. The maximum Gasteiger partial charge on any atom is 0.251 e. The van der Waals surface area contributed by atoms with E-state index in [-0.39, 0.29) is 42.9 Å². The average Bonchev–Trinajstić information content (AvgIpc) is 3.16. The van der Waals surface area contributed by atoms with Gasteiger partial charge < -0.3 is 19.9 Å². The van der Waals surface area contributed by atoms with Crippen molar-refractivity contribution >= 4 is 30.7 Å². The van der Waals surface area contributed by atoms with Crippen LogP contribution in [-0.2, 0) is 16.1 Å². The summed E-state index contributed by atoms with van der Waals surface area (Å²) in [5.74, 6) is 0.949. The summed E-state index contributed by atoms with van der Waals surface area (Å²) in [6, 6.07) is 1.96. The van der Waals surface area contributed by atoms with Crippen LogP contribution >= 0.6 is 24.8 Å². The molecule has 2 atom stereocenters. The first-order valence-corrected chi connectivity index (χ1v) is 7.94. The van der Waals surface area contributed by atoms with Gasteiger partial charge in [-0.05, 0) is 19.8 Å². The summed E-state index contributed by atoms with van der Waals surface area (Å²) in [4.78, 5) is 16.6. The number of hydrogen-bond donors (Lipinski definition) is 1. The van der Waals surface area contributed by atoms with Crippen molar-refractivity contribution in [3.63, 3.8) is 0 Å². The summed E-state index contributed by atoms with van der Waals surface area (Å²) in [5.41, 5.74) is 6.54. The minimum atomic E-state index is -0.293. The highest BCUT2D eigenvalue weighted by Gasteiger charge is 2.34. The number of nitrogens with two attached hydrogens (primary N) is 1. The van der Waals surface area contributed by atoms with Gasteiger partial charge in [-0.25, -0.2) is 0 Å². The van der Waals surface area contributed by atoms with Crippen LogP contribution in [0.4, 0.5) is 0 Å². The second kappa shape index (κ2) is 9.58. The van der Waals surface area contributed by atoms with Gasteiger partial charge in [-0.2, -0.15) is 0 Å². The molecule has 0 spiro atoms. The number of rotatable bonds is 4. The van der Waals surface area contributed by atoms with Crippen molar-refractivity contribution in [1.29, 1.82) is 0 Å². The minimum Gasteiger partial charge on any atom is -0.364 e. The molecule has 2 saturated heterocycles. The Bertz CT molecular complexity index is 521. The summed E-state index contributed by atoms with van der Waals surface area (Å²) in [5, 5.41) is 4.02. The second-order valence-corrected chi connectivity index (χ2v) is 6.09. The molecule has 0 saturated carbocycles. The summed E-state index contributed by atoms with van der Waals surface area (Å²) in [6.07, 6.45) is 1.43. The number of piperazine rings is 1. The third-order valence-corrected chi connectivity index (χ3v) is 4.39. The van der Waals surface area contributed by atoms with Gasteiger partial charge in [0, 0.05) is 45.3 Å². The zero-order valence-electron chi connectivity index (χ0n) is 13.8. The molecule has 138 valence electrons. The molecule has 3 heterocycles. The lowest BCUT2D eigenvalue weighted by Crippen LogP contribution is -2.51. The maximum absolute atomic E-state index is 12.4. The second-order valence-electron chi connectivity index (χ2n) is 6.09. The smallest absolute Gasteiger partial charge is 0.251 e. The van der Waals surface area contributed by atoms with Crippen LogP contribution < -0.4 is 5.73 Å². The molecule has 2 fully saturated rings. The minimum absolute atomic E-state index is 0. The Kier molecular flexibility index (Phi) is 8.45. The number of ether oxygens (including phenoxy) is 1. The van der Waals surface area contributed by atoms with Crippen molar-refractivity contribution < 1.29 is 14.1 Å². The van der Waals surface area contributed by atoms with Crippen molar-refractivity contribution in [3.05, 3.63) is 17.5 Å². The zero-order chi connectivity index (χ0) is 15.5. The van der Waals surface area contributed by atoms with E-state index < -0.39 is 0 Å². The van der Waals surface area contributed by atoms with Crippen molar-refractivity contribution in [2.45, 2.75) is 38.5 Å². The fraction of sp³-hybridized carbons (Fsp3) is 0.733. The predicted molar refractivity (Wildman–Crippen MR) is 94.5 cm³/mol. The maximum atomic E-state index is 12.4. The molecular weight excluding hydrogens is 355 g/mol. The fourth-order valence-corrected chi connectivity index (χ4v) is 3.11. The molecule has 1 aromatic heterocycles. The summed E-state index contributed by atoms with van der Waals surface area (Å²) in [7, 11) is 0. The quantitative estimate of drug-likeness (QED) is 0.837. The molecule has 3 rings (SSSR count). The largest absolute Gasteiger partial charge is 0.364 e. The van der Waals surface area contributed by atoms with Gasteiger partial charge in [0.25, 0.3) is 5.91 Å². The van der Waals surface area contributed by atoms with Crippen LogP contribution in [0.15, 0.2) is 10.6 Å². The first kappa shape index (κ1) is 21.2. The number of carbonyl (C=O) groups excluding carboxylic acids is 1. The molecular formula is C15H26Cl2N4O3. The molecule has 24 heavy (non-hydrogen) atoms. The highest BCUT2D eigenvalue weighted by atomic mass is 35.5. The molecule has 2 N–H and O–H groups in total. The van der Waals surface area contributed by atoms with Crippen molar-refractivity contribution in [2.75, 3.05) is 32.7 Å². The molecule has 9 heteroatoms. The van der Waals surface area contributed by atoms with Gasteiger partial charge in [0.2, 0.25) is 0 Å². The normalized spacial score (nSPS) is 24.3. The third-order valence-electron chi connectivity index (χ3n) is 4.39. The Morgan fingerprint density at radius 3 is 2.54 bits per heavy atom. The monoisotopic (exact) mass is 380 g/mol. The molecule has 0 aliphatic carbocycles. The number of halogens is 2. The van der Waals surface area contributed by atoms with E-state index in [0.29, 0.717) is 6.54 Å². The van der Waals surface area contributed by atoms with E-state index in [1.165, 1.54) is 0 Å². The molecule has 1 aromatic rings. The fourth-order valence-electron chi connectivity index (χ4n) is 3.11. The number of carbonyl (C=O) groups is 1. The zero-order valence-corrected chi connectivity index (χ0v) is 15.5. The van der Waals surface area contributed by atoms with E-state index in [4.69, 9.17) is 15.0 Å². The van der Waals surface area contributed by atoms with E-state index in [2.05, 4.69) is 10.1 Å². The number of hydrogen-bond acceptors (Lipinski definition) is 6. The van der Waals surface area contributed by atoms with Gasteiger partial charge in [0.15, 0.2) is 0 Å². The van der Waals surface area contributed by atoms with E-state index in [1.54, 1.807) is 0 Å². The van der Waals surface area contributed by atoms with Gasteiger partial charge in [0.05, 0.1) is 11.8 Å². The van der Waals surface area contributed by atoms with Crippen LogP contribution in [0.25, 0.3) is 0 Å². The molecule has 1 amide bonds. The van der Waals surface area contributed by atoms with Crippen molar-refractivity contribution in [3.8, 4) is 0 Å².